The number of nitriles is 1. The van der Waals surface area contributed by atoms with E-state index in [1.54, 1.807) is 66.7 Å². The normalized spacial score (nSPS) is 14.5. The molecule has 0 saturated heterocycles. The molecule has 0 aromatic heterocycles. The molecule has 1 aliphatic heterocycles. The highest BCUT2D eigenvalue weighted by Gasteiger charge is 2.43. The van der Waals surface area contributed by atoms with Crippen molar-refractivity contribution >= 4 is 29.2 Å². The molecule has 3 aromatic carbocycles. The summed E-state index contributed by atoms with van der Waals surface area (Å²) in [5, 5.41) is 13.0. The third-order valence-corrected chi connectivity index (χ3v) is 6.62. The molecule has 0 spiro atoms. The lowest BCUT2D eigenvalue weighted by Crippen LogP contribution is -2.40. The highest BCUT2D eigenvalue weighted by atomic mass is 16.5. The average molecular weight is 569 g/mol. The predicted molar refractivity (Wildman–Crippen MR) is 153 cm³/mol. The highest BCUT2D eigenvalue weighted by molar-refractivity contribution is 6.08. The summed E-state index contributed by atoms with van der Waals surface area (Å²) in [5.41, 5.74) is 7.60. The minimum absolute atomic E-state index is 0.00874. The van der Waals surface area contributed by atoms with Gasteiger partial charge in [0, 0.05) is 23.0 Å². The van der Waals surface area contributed by atoms with Gasteiger partial charge >= 0.3 is 11.9 Å². The molecule has 11 nitrogen and oxygen atoms in total. The summed E-state index contributed by atoms with van der Waals surface area (Å²) in [5.74, 6) is -2.43. The zero-order valence-electron chi connectivity index (χ0n) is 23.3. The fraction of sp³-hybridized carbons (Fsp3) is 0.161. The summed E-state index contributed by atoms with van der Waals surface area (Å²) < 4.78 is 20.7. The van der Waals surface area contributed by atoms with E-state index in [4.69, 9.17) is 24.7 Å². The fourth-order valence-corrected chi connectivity index (χ4v) is 4.69. The van der Waals surface area contributed by atoms with E-state index in [0.29, 0.717) is 22.7 Å². The molecule has 0 saturated carbocycles. The van der Waals surface area contributed by atoms with Gasteiger partial charge in [0.15, 0.2) is 11.5 Å². The molecule has 42 heavy (non-hydrogen) atoms. The molecule has 1 atom stereocenters. The first-order chi connectivity index (χ1) is 20.3. The number of esters is 2. The first-order valence-corrected chi connectivity index (χ1v) is 12.6. The third kappa shape index (κ3) is 5.46. The second kappa shape index (κ2) is 12.6. The Morgan fingerprint density at radius 1 is 0.857 bits per heavy atom. The standard InChI is InChI=1S/C31H28N4O7/c1-39-23-14-13-20(16-24(23)40-2)34-29(36)19-11-8-12-21(15-19)35-27(31(38)42-4)26(30(37)41-3)25(22(17-32)28(35)33)18-9-6-5-7-10-18/h5-16,25H,33H2,1-4H3,(H,34,36). The molecule has 1 aliphatic rings. The van der Waals surface area contributed by atoms with Gasteiger partial charge in [-0.05, 0) is 35.9 Å². The molecule has 3 aromatic rings. The summed E-state index contributed by atoms with van der Waals surface area (Å²) >= 11 is 0. The lowest BCUT2D eigenvalue weighted by molar-refractivity contribution is -0.139. The number of carbonyl (C=O) groups is 3. The van der Waals surface area contributed by atoms with Crippen molar-refractivity contribution < 1.29 is 33.3 Å². The van der Waals surface area contributed by atoms with E-state index in [0.717, 1.165) is 7.11 Å². The number of benzene rings is 3. The summed E-state index contributed by atoms with van der Waals surface area (Å²) in [7, 11) is 5.32. The van der Waals surface area contributed by atoms with Crippen LogP contribution in [0.3, 0.4) is 0 Å². The predicted octanol–water partition coefficient (Wildman–Crippen LogP) is 3.85. The fourth-order valence-electron chi connectivity index (χ4n) is 4.69. The zero-order valence-corrected chi connectivity index (χ0v) is 23.3. The van der Waals surface area contributed by atoms with Gasteiger partial charge in [-0.2, -0.15) is 5.26 Å². The number of rotatable bonds is 8. The Hall–Kier alpha value is -5.76. The lowest BCUT2D eigenvalue weighted by Gasteiger charge is -2.36. The van der Waals surface area contributed by atoms with Crippen molar-refractivity contribution in [1.29, 1.82) is 5.26 Å². The summed E-state index contributed by atoms with van der Waals surface area (Å²) in [4.78, 5) is 41.0. The molecule has 1 heterocycles. The van der Waals surface area contributed by atoms with Gasteiger partial charge in [-0.3, -0.25) is 9.69 Å². The molecule has 214 valence electrons. The number of ether oxygens (including phenoxy) is 4. The van der Waals surface area contributed by atoms with Crippen LogP contribution in [0.15, 0.2) is 95.5 Å². The van der Waals surface area contributed by atoms with Gasteiger partial charge in [0.25, 0.3) is 5.91 Å². The highest BCUT2D eigenvalue weighted by Crippen LogP contribution is 2.43. The topological polar surface area (TPSA) is 153 Å². The van der Waals surface area contributed by atoms with Crippen molar-refractivity contribution in [2.24, 2.45) is 5.73 Å². The van der Waals surface area contributed by atoms with Crippen LogP contribution < -0.4 is 25.4 Å². The van der Waals surface area contributed by atoms with E-state index in [2.05, 4.69) is 11.4 Å². The molecule has 1 amide bonds. The van der Waals surface area contributed by atoms with Gasteiger partial charge in [-0.25, -0.2) is 9.59 Å². The first-order valence-electron chi connectivity index (χ1n) is 12.6. The number of hydrogen-bond donors (Lipinski definition) is 2. The van der Waals surface area contributed by atoms with E-state index in [-0.39, 0.29) is 33.9 Å². The monoisotopic (exact) mass is 568 g/mol. The number of carbonyl (C=O) groups excluding carboxylic acids is 3. The molecular formula is C31H28N4O7. The van der Waals surface area contributed by atoms with Gasteiger partial charge in [0.2, 0.25) is 0 Å². The van der Waals surface area contributed by atoms with Crippen LogP contribution in [-0.4, -0.2) is 46.3 Å². The van der Waals surface area contributed by atoms with Crippen molar-refractivity contribution in [2.75, 3.05) is 38.7 Å². The minimum Gasteiger partial charge on any atom is -0.493 e. The molecule has 3 N–H and O–H groups in total. The average Bonchev–Trinajstić information content (AvgIpc) is 3.03. The Morgan fingerprint density at radius 3 is 2.17 bits per heavy atom. The molecule has 0 bridgehead atoms. The van der Waals surface area contributed by atoms with Crippen LogP contribution in [0.5, 0.6) is 11.5 Å². The number of anilines is 2. The smallest absolute Gasteiger partial charge is 0.355 e. The maximum absolute atomic E-state index is 13.3. The quantitative estimate of drug-likeness (QED) is 0.383. The Labute approximate surface area is 242 Å². The number of methoxy groups -OCH3 is 4. The number of nitrogens with two attached hydrogens (primary N) is 1. The first kappa shape index (κ1) is 29.2. The van der Waals surface area contributed by atoms with Crippen LogP contribution in [0.25, 0.3) is 0 Å². The van der Waals surface area contributed by atoms with Gasteiger partial charge in [-0.1, -0.05) is 36.4 Å². The Morgan fingerprint density at radius 2 is 1.55 bits per heavy atom. The molecule has 1 unspecified atom stereocenters. The molecular weight excluding hydrogens is 540 g/mol. The van der Waals surface area contributed by atoms with Crippen molar-refractivity contribution in [2.45, 2.75) is 5.92 Å². The maximum Gasteiger partial charge on any atom is 0.355 e. The summed E-state index contributed by atoms with van der Waals surface area (Å²) in [6.45, 7) is 0. The van der Waals surface area contributed by atoms with Crippen molar-refractivity contribution in [1.82, 2.24) is 0 Å². The Kier molecular flexibility index (Phi) is 8.78. The molecule has 0 radical (unpaired) electrons. The van der Waals surface area contributed by atoms with Gasteiger partial charge < -0.3 is 30.0 Å². The summed E-state index contributed by atoms with van der Waals surface area (Å²) in [6.07, 6.45) is 0. The van der Waals surface area contributed by atoms with E-state index in [9.17, 15) is 19.6 Å². The van der Waals surface area contributed by atoms with Crippen LogP contribution in [0.2, 0.25) is 0 Å². The van der Waals surface area contributed by atoms with E-state index in [1.807, 2.05) is 0 Å². The lowest BCUT2D eigenvalue weighted by atomic mass is 9.81. The van der Waals surface area contributed by atoms with Crippen molar-refractivity contribution in [3.8, 4) is 17.6 Å². The number of nitrogens with one attached hydrogen (secondary N) is 1. The Bertz CT molecular complexity index is 1640. The van der Waals surface area contributed by atoms with Gasteiger partial charge in [0.05, 0.1) is 51.6 Å². The third-order valence-electron chi connectivity index (χ3n) is 6.62. The number of amides is 1. The number of hydrogen-bond acceptors (Lipinski definition) is 10. The van der Waals surface area contributed by atoms with Gasteiger partial charge in [-0.15, -0.1) is 0 Å². The zero-order chi connectivity index (χ0) is 30.4. The van der Waals surface area contributed by atoms with Crippen LogP contribution in [-0.2, 0) is 19.1 Å². The maximum atomic E-state index is 13.3. The SMILES string of the molecule is COC(=O)C1=C(C(=O)OC)N(c2cccc(C(=O)Nc3ccc(OC)c(OC)c3)c2)C(N)=C(C#N)C1c1ccccc1. The number of nitrogens with zero attached hydrogens (tertiary/aromatic N) is 2. The van der Waals surface area contributed by atoms with Crippen LogP contribution in [0, 0.1) is 11.3 Å². The molecule has 4 rings (SSSR count). The van der Waals surface area contributed by atoms with E-state index < -0.39 is 23.8 Å². The second-order valence-corrected chi connectivity index (χ2v) is 8.91. The Balaban J connectivity index is 1.85. The van der Waals surface area contributed by atoms with Crippen LogP contribution in [0.4, 0.5) is 11.4 Å². The molecule has 0 aliphatic carbocycles. The van der Waals surface area contributed by atoms with E-state index in [1.165, 1.54) is 32.3 Å². The van der Waals surface area contributed by atoms with Crippen LogP contribution >= 0.6 is 0 Å². The van der Waals surface area contributed by atoms with Crippen molar-refractivity contribution in [3.63, 3.8) is 0 Å². The molecule has 0 fully saturated rings. The van der Waals surface area contributed by atoms with E-state index >= 15 is 0 Å². The van der Waals surface area contributed by atoms with Crippen molar-refractivity contribution in [3.05, 3.63) is 107 Å². The van der Waals surface area contributed by atoms with Gasteiger partial charge in [0.1, 0.15) is 11.5 Å². The van der Waals surface area contributed by atoms with Crippen LogP contribution in [0.1, 0.15) is 21.8 Å². The molecule has 11 heteroatoms. The minimum atomic E-state index is -1.01. The second-order valence-electron chi connectivity index (χ2n) is 8.91. The summed E-state index contributed by atoms with van der Waals surface area (Å²) in [6, 6.07) is 21.9. The largest absolute Gasteiger partial charge is 0.493 e. The number of allylic oxidation sites excluding steroid dienone is 1.